The molecule has 0 radical (unpaired) electrons. The molecule has 88 valence electrons. The minimum absolute atomic E-state index is 0.277. The molecule has 1 aromatic carbocycles. The third-order valence-corrected chi connectivity index (χ3v) is 4.40. The Labute approximate surface area is 128 Å². The molecule has 1 heterocycles. The molecule has 0 N–H and O–H groups in total. The number of halogens is 3. The molecule has 0 bridgehead atoms. The highest BCUT2D eigenvalue weighted by Gasteiger charge is 2.10. The van der Waals surface area contributed by atoms with Gasteiger partial charge >= 0.3 is 0 Å². The largest absolute Gasteiger partial charge is 0.263 e. The van der Waals surface area contributed by atoms with E-state index >= 15 is 0 Å². The van der Waals surface area contributed by atoms with Gasteiger partial charge in [0.2, 0.25) is 0 Å². The molecule has 2 aromatic rings. The maximum atomic E-state index is 6.10. The molecule has 0 saturated heterocycles. The SMILES string of the molecule is Clc1cnccc1CC(Br)c1ccc(I)cc1. The number of pyridine rings is 1. The lowest BCUT2D eigenvalue weighted by atomic mass is 10.1. The summed E-state index contributed by atoms with van der Waals surface area (Å²) in [6.07, 6.45) is 4.32. The van der Waals surface area contributed by atoms with Crippen molar-refractivity contribution in [2.75, 3.05) is 0 Å². The van der Waals surface area contributed by atoms with Crippen molar-refractivity contribution in [3.05, 3.63) is 62.4 Å². The highest BCUT2D eigenvalue weighted by molar-refractivity contribution is 14.1. The fourth-order valence-corrected chi connectivity index (χ4v) is 2.76. The van der Waals surface area contributed by atoms with E-state index in [2.05, 4.69) is 67.8 Å². The van der Waals surface area contributed by atoms with Gasteiger partial charge in [0, 0.05) is 20.8 Å². The number of benzene rings is 1. The predicted octanol–water partition coefficient (Wildman–Crippen LogP) is 5.02. The lowest BCUT2D eigenvalue weighted by molar-refractivity contribution is 0.944. The number of rotatable bonds is 3. The van der Waals surface area contributed by atoms with Crippen LogP contribution in [0.15, 0.2) is 42.7 Å². The molecule has 0 spiro atoms. The van der Waals surface area contributed by atoms with E-state index in [1.807, 2.05) is 6.07 Å². The zero-order valence-electron chi connectivity index (χ0n) is 8.91. The van der Waals surface area contributed by atoms with Crippen LogP contribution in [0.2, 0.25) is 5.02 Å². The second kappa shape index (κ2) is 6.16. The van der Waals surface area contributed by atoms with Crippen LogP contribution in [-0.4, -0.2) is 4.98 Å². The fourth-order valence-electron chi connectivity index (χ4n) is 1.55. The number of aromatic nitrogens is 1. The minimum Gasteiger partial charge on any atom is -0.263 e. The molecule has 4 heteroatoms. The van der Waals surface area contributed by atoms with E-state index in [4.69, 9.17) is 11.6 Å². The number of hydrogen-bond acceptors (Lipinski definition) is 1. The van der Waals surface area contributed by atoms with E-state index in [1.54, 1.807) is 12.4 Å². The Hall–Kier alpha value is -0.130. The summed E-state index contributed by atoms with van der Waals surface area (Å²) in [5, 5.41) is 0.725. The first-order valence-electron chi connectivity index (χ1n) is 5.15. The summed E-state index contributed by atoms with van der Waals surface area (Å²) in [5.41, 5.74) is 2.38. The van der Waals surface area contributed by atoms with Crippen molar-refractivity contribution in [2.24, 2.45) is 0 Å². The molecule has 1 nitrogen and oxygen atoms in total. The lowest BCUT2D eigenvalue weighted by Gasteiger charge is -2.11. The zero-order valence-corrected chi connectivity index (χ0v) is 13.4. The van der Waals surface area contributed by atoms with Gasteiger partial charge in [0.25, 0.3) is 0 Å². The first-order valence-corrected chi connectivity index (χ1v) is 7.52. The van der Waals surface area contributed by atoms with Crippen molar-refractivity contribution in [1.82, 2.24) is 4.98 Å². The number of hydrogen-bond donors (Lipinski definition) is 0. The molecule has 1 atom stereocenters. The Kier molecular flexibility index (Phi) is 4.82. The maximum absolute atomic E-state index is 6.10. The third kappa shape index (κ3) is 3.66. The van der Waals surface area contributed by atoms with Crippen molar-refractivity contribution >= 4 is 50.1 Å². The second-order valence-electron chi connectivity index (χ2n) is 3.69. The molecule has 2 rings (SSSR count). The minimum atomic E-state index is 0.277. The summed E-state index contributed by atoms with van der Waals surface area (Å²) in [6.45, 7) is 0. The molecule has 1 aromatic heterocycles. The fraction of sp³-hybridized carbons (Fsp3) is 0.154. The summed E-state index contributed by atoms with van der Waals surface area (Å²) in [4.78, 5) is 4.27. The Balaban J connectivity index is 2.14. The van der Waals surface area contributed by atoms with Gasteiger partial charge in [-0.25, -0.2) is 0 Å². The van der Waals surface area contributed by atoms with Crippen LogP contribution >= 0.6 is 50.1 Å². The molecular formula is C13H10BrClIN. The average Bonchev–Trinajstić information content (AvgIpc) is 2.33. The van der Waals surface area contributed by atoms with Gasteiger partial charge in [0.05, 0.1) is 5.02 Å². The van der Waals surface area contributed by atoms with Gasteiger partial charge in [-0.05, 0) is 58.3 Å². The second-order valence-corrected chi connectivity index (χ2v) is 6.45. The van der Waals surface area contributed by atoms with Crippen molar-refractivity contribution in [1.29, 1.82) is 0 Å². The monoisotopic (exact) mass is 421 g/mol. The molecule has 1 unspecified atom stereocenters. The van der Waals surface area contributed by atoms with E-state index in [0.29, 0.717) is 0 Å². The molecule has 0 amide bonds. The molecule has 0 fully saturated rings. The van der Waals surface area contributed by atoms with Crippen LogP contribution in [0.25, 0.3) is 0 Å². The van der Waals surface area contributed by atoms with E-state index in [-0.39, 0.29) is 4.83 Å². The van der Waals surface area contributed by atoms with Crippen LogP contribution in [0.3, 0.4) is 0 Å². The van der Waals surface area contributed by atoms with Crippen molar-refractivity contribution in [3.63, 3.8) is 0 Å². The van der Waals surface area contributed by atoms with Gasteiger partial charge in [0.1, 0.15) is 0 Å². The van der Waals surface area contributed by atoms with Crippen LogP contribution in [0.5, 0.6) is 0 Å². The van der Waals surface area contributed by atoms with E-state index in [0.717, 1.165) is 17.0 Å². The maximum Gasteiger partial charge on any atom is 0.0621 e. The Morgan fingerprint density at radius 2 is 1.94 bits per heavy atom. The predicted molar refractivity (Wildman–Crippen MR) is 83.8 cm³/mol. The van der Waals surface area contributed by atoms with Crippen molar-refractivity contribution in [3.8, 4) is 0 Å². The van der Waals surface area contributed by atoms with Crippen LogP contribution in [-0.2, 0) is 6.42 Å². The third-order valence-electron chi connectivity index (χ3n) is 2.49. The van der Waals surface area contributed by atoms with Crippen LogP contribution in [0.1, 0.15) is 16.0 Å². The summed E-state index contributed by atoms with van der Waals surface area (Å²) < 4.78 is 1.24. The van der Waals surface area contributed by atoms with Crippen molar-refractivity contribution < 1.29 is 0 Å². The molecule has 0 aliphatic carbocycles. The van der Waals surface area contributed by atoms with E-state index in [1.165, 1.54) is 9.13 Å². The van der Waals surface area contributed by atoms with Gasteiger partial charge < -0.3 is 0 Å². The first-order chi connectivity index (χ1) is 8.16. The molecule has 0 aliphatic heterocycles. The molecule has 0 saturated carbocycles. The van der Waals surface area contributed by atoms with Gasteiger partial charge in [-0.15, -0.1) is 0 Å². The van der Waals surface area contributed by atoms with E-state index < -0.39 is 0 Å². The highest BCUT2D eigenvalue weighted by atomic mass is 127. The first kappa shape index (κ1) is 13.3. The summed E-state index contributed by atoms with van der Waals surface area (Å²) >= 11 is 12.1. The Bertz CT molecular complexity index is 501. The zero-order chi connectivity index (χ0) is 12.3. The van der Waals surface area contributed by atoms with Crippen molar-refractivity contribution in [2.45, 2.75) is 11.2 Å². The lowest BCUT2D eigenvalue weighted by Crippen LogP contribution is -1.96. The van der Waals surface area contributed by atoms with Gasteiger partial charge in [-0.3, -0.25) is 4.98 Å². The standard InChI is InChI=1S/C13H10BrClIN/c14-12(9-1-3-11(16)4-2-9)7-10-5-6-17-8-13(10)15/h1-6,8,12H,7H2. The smallest absolute Gasteiger partial charge is 0.0621 e. The van der Waals surface area contributed by atoms with Gasteiger partial charge in [0.15, 0.2) is 0 Å². The molecule has 17 heavy (non-hydrogen) atoms. The van der Waals surface area contributed by atoms with Crippen LogP contribution in [0.4, 0.5) is 0 Å². The summed E-state index contributed by atoms with van der Waals surface area (Å²) in [5.74, 6) is 0. The average molecular weight is 422 g/mol. The topological polar surface area (TPSA) is 12.9 Å². The normalized spacial score (nSPS) is 12.4. The Morgan fingerprint density at radius 3 is 2.59 bits per heavy atom. The van der Waals surface area contributed by atoms with Crippen LogP contribution in [0, 0.1) is 3.57 Å². The van der Waals surface area contributed by atoms with Gasteiger partial charge in [-0.2, -0.15) is 0 Å². The van der Waals surface area contributed by atoms with Crippen LogP contribution < -0.4 is 0 Å². The number of nitrogens with zero attached hydrogens (tertiary/aromatic N) is 1. The highest BCUT2D eigenvalue weighted by Crippen LogP contribution is 2.29. The van der Waals surface area contributed by atoms with E-state index in [9.17, 15) is 0 Å². The van der Waals surface area contributed by atoms with Gasteiger partial charge in [-0.1, -0.05) is 39.7 Å². The number of alkyl halides is 1. The summed E-state index contributed by atoms with van der Waals surface area (Å²) in [6, 6.07) is 10.5. The Morgan fingerprint density at radius 1 is 1.24 bits per heavy atom. The molecular weight excluding hydrogens is 412 g/mol. The molecule has 0 aliphatic rings. The summed E-state index contributed by atoms with van der Waals surface area (Å²) in [7, 11) is 0. The quantitative estimate of drug-likeness (QED) is 0.500.